The molecule has 2 aromatic carbocycles. The summed E-state index contributed by atoms with van der Waals surface area (Å²) in [4.78, 5) is 31.9. The van der Waals surface area contributed by atoms with E-state index in [-0.39, 0.29) is 23.5 Å². The molecule has 0 saturated heterocycles. The topological polar surface area (TPSA) is 105 Å². The number of amides is 2. The molecule has 0 aliphatic rings. The molecule has 0 atom stereocenters. The van der Waals surface area contributed by atoms with Crippen molar-refractivity contribution < 1.29 is 14.3 Å². The van der Waals surface area contributed by atoms with Crippen molar-refractivity contribution in [1.29, 1.82) is 0 Å². The Morgan fingerprint density at radius 3 is 2.39 bits per heavy atom. The monoisotopic (exact) mass is 377 g/mol. The maximum atomic E-state index is 12.5. The van der Waals surface area contributed by atoms with Crippen LogP contribution in [0.3, 0.4) is 0 Å². The molecule has 3 aromatic rings. The zero-order valence-corrected chi connectivity index (χ0v) is 15.4. The van der Waals surface area contributed by atoms with E-state index in [4.69, 9.17) is 4.74 Å². The Hall–Kier alpha value is -3.94. The second kappa shape index (κ2) is 8.63. The van der Waals surface area contributed by atoms with Crippen molar-refractivity contribution in [3.05, 3.63) is 66.5 Å². The highest BCUT2D eigenvalue weighted by Crippen LogP contribution is 2.19. The van der Waals surface area contributed by atoms with Crippen LogP contribution in [0.5, 0.6) is 5.75 Å². The molecule has 8 heteroatoms. The molecule has 0 fully saturated rings. The molecule has 1 heterocycles. The SMILES string of the molecule is COc1cccc(NC(=O)c2ccnc(Nc3ccc(NC(C)=O)cc3)n2)c1. The highest BCUT2D eigenvalue weighted by atomic mass is 16.5. The fourth-order valence-electron chi connectivity index (χ4n) is 2.41. The molecular weight excluding hydrogens is 358 g/mol. The highest BCUT2D eigenvalue weighted by molar-refractivity contribution is 6.03. The van der Waals surface area contributed by atoms with Crippen molar-refractivity contribution in [3.8, 4) is 5.75 Å². The molecule has 0 spiro atoms. The zero-order valence-electron chi connectivity index (χ0n) is 15.4. The largest absolute Gasteiger partial charge is 0.497 e. The molecule has 8 nitrogen and oxygen atoms in total. The summed E-state index contributed by atoms with van der Waals surface area (Å²) in [5.74, 6) is 0.426. The van der Waals surface area contributed by atoms with Crippen molar-refractivity contribution >= 4 is 34.8 Å². The summed E-state index contributed by atoms with van der Waals surface area (Å²) in [5.41, 5.74) is 2.23. The average molecular weight is 377 g/mol. The van der Waals surface area contributed by atoms with Gasteiger partial charge >= 0.3 is 0 Å². The molecular formula is C20H19N5O3. The fraction of sp³-hybridized carbons (Fsp3) is 0.100. The number of nitrogens with zero attached hydrogens (tertiary/aromatic N) is 2. The van der Waals surface area contributed by atoms with Gasteiger partial charge in [0.25, 0.3) is 5.91 Å². The number of benzene rings is 2. The van der Waals surface area contributed by atoms with Crippen LogP contribution in [-0.2, 0) is 4.79 Å². The van der Waals surface area contributed by atoms with Crippen LogP contribution in [0.2, 0.25) is 0 Å². The fourth-order valence-corrected chi connectivity index (χ4v) is 2.41. The first kappa shape index (κ1) is 18.8. The normalized spacial score (nSPS) is 10.1. The first-order valence-electron chi connectivity index (χ1n) is 8.46. The molecule has 0 aliphatic heterocycles. The van der Waals surface area contributed by atoms with Crippen LogP contribution in [-0.4, -0.2) is 28.9 Å². The molecule has 3 rings (SSSR count). The van der Waals surface area contributed by atoms with E-state index < -0.39 is 0 Å². The van der Waals surface area contributed by atoms with Gasteiger partial charge in [-0.15, -0.1) is 0 Å². The first-order valence-corrected chi connectivity index (χ1v) is 8.46. The van der Waals surface area contributed by atoms with E-state index in [9.17, 15) is 9.59 Å². The van der Waals surface area contributed by atoms with Gasteiger partial charge in [-0.05, 0) is 42.5 Å². The number of nitrogens with one attached hydrogen (secondary N) is 3. The number of anilines is 4. The molecule has 2 amide bonds. The quantitative estimate of drug-likeness (QED) is 0.608. The second-order valence-electron chi connectivity index (χ2n) is 5.84. The van der Waals surface area contributed by atoms with E-state index in [1.54, 1.807) is 55.6 Å². The first-order chi connectivity index (χ1) is 13.5. The van der Waals surface area contributed by atoms with Crippen LogP contribution >= 0.6 is 0 Å². The van der Waals surface area contributed by atoms with Crippen LogP contribution in [0.25, 0.3) is 0 Å². The number of carbonyl (C=O) groups is 2. The van der Waals surface area contributed by atoms with E-state index in [1.165, 1.54) is 19.2 Å². The van der Waals surface area contributed by atoms with Gasteiger partial charge in [-0.25, -0.2) is 9.97 Å². The lowest BCUT2D eigenvalue weighted by atomic mass is 10.2. The van der Waals surface area contributed by atoms with Gasteiger partial charge < -0.3 is 20.7 Å². The molecule has 3 N–H and O–H groups in total. The molecule has 0 unspecified atom stereocenters. The lowest BCUT2D eigenvalue weighted by molar-refractivity contribution is -0.114. The van der Waals surface area contributed by atoms with Gasteiger partial charge in [0.2, 0.25) is 11.9 Å². The number of aromatic nitrogens is 2. The summed E-state index contributed by atoms with van der Waals surface area (Å²) in [5, 5.41) is 8.49. The van der Waals surface area contributed by atoms with Crippen LogP contribution in [0.1, 0.15) is 17.4 Å². The number of hydrogen-bond donors (Lipinski definition) is 3. The standard InChI is InChI=1S/C20H19N5O3/c1-13(26)22-14-6-8-15(9-7-14)24-20-21-11-10-18(25-20)19(27)23-16-4-3-5-17(12-16)28-2/h3-12H,1-2H3,(H,22,26)(H,23,27)(H,21,24,25). The predicted molar refractivity (Wildman–Crippen MR) is 107 cm³/mol. The van der Waals surface area contributed by atoms with Crippen LogP contribution in [0.15, 0.2) is 60.8 Å². The third kappa shape index (κ3) is 5.04. The summed E-state index contributed by atoms with van der Waals surface area (Å²) in [6.07, 6.45) is 1.50. The van der Waals surface area contributed by atoms with E-state index in [0.29, 0.717) is 17.1 Å². The number of rotatable bonds is 6. The van der Waals surface area contributed by atoms with Crippen LogP contribution in [0.4, 0.5) is 23.0 Å². The molecule has 142 valence electrons. The molecule has 0 saturated carbocycles. The smallest absolute Gasteiger partial charge is 0.274 e. The van der Waals surface area contributed by atoms with Crippen molar-refractivity contribution in [2.45, 2.75) is 6.92 Å². The maximum absolute atomic E-state index is 12.5. The Morgan fingerprint density at radius 1 is 0.929 bits per heavy atom. The van der Waals surface area contributed by atoms with Crippen LogP contribution < -0.4 is 20.7 Å². The van der Waals surface area contributed by atoms with Crippen molar-refractivity contribution in [2.24, 2.45) is 0 Å². The number of methoxy groups -OCH3 is 1. The molecule has 0 bridgehead atoms. The number of ether oxygens (including phenoxy) is 1. The van der Waals surface area contributed by atoms with Gasteiger partial charge in [0, 0.05) is 36.2 Å². The summed E-state index contributed by atoms with van der Waals surface area (Å²) in [6.45, 7) is 1.45. The van der Waals surface area contributed by atoms with Gasteiger partial charge in [-0.2, -0.15) is 0 Å². The number of hydrogen-bond acceptors (Lipinski definition) is 6. The Labute approximate surface area is 162 Å². The number of carbonyl (C=O) groups excluding carboxylic acids is 2. The Kier molecular flexibility index (Phi) is 5.81. The summed E-state index contributed by atoms with van der Waals surface area (Å²) < 4.78 is 5.15. The second-order valence-corrected chi connectivity index (χ2v) is 5.84. The van der Waals surface area contributed by atoms with Gasteiger partial charge in [0.05, 0.1) is 7.11 Å². The van der Waals surface area contributed by atoms with E-state index >= 15 is 0 Å². The van der Waals surface area contributed by atoms with Gasteiger partial charge in [-0.1, -0.05) is 6.07 Å². The Morgan fingerprint density at radius 2 is 1.68 bits per heavy atom. The lowest BCUT2D eigenvalue weighted by Gasteiger charge is -2.09. The average Bonchev–Trinajstić information content (AvgIpc) is 2.69. The van der Waals surface area contributed by atoms with E-state index in [1.807, 2.05) is 0 Å². The molecule has 0 radical (unpaired) electrons. The third-order valence-corrected chi connectivity index (χ3v) is 3.68. The molecule has 1 aromatic heterocycles. The third-order valence-electron chi connectivity index (χ3n) is 3.68. The van der Waals surface area contributed by atoms with E-state index in [2.05, 4.69) is 25.9 Å². The minimum Gasteiger partial charge on any atom is -0.497 e. The van der Waals surface area contributed by atoms with Gasteiger partial charge in [0.1, 0.15) is 11.4 Å². The summed E-state index contributed by atoms with van der Waals surface area (Å²) in [7, 11) is 1.56. The Bertz CT molecular complexity index is 989. The molecule has 28 heavy (non-hydrogen) atoms. The highest BCUT2D eigenvalue weighted by Gasteiger charge is 2.10. The van der Waals surface area contributed by atoms with Crippen molar-refractivity contribution in [1.82, 2.24) is 9.97 Å². The zero-order chi connectivity index (χ0) is 19.9. The van der Waals surface area contributed by atoms with Gasteiger partial charge in [-0.3, -0.25) is 9.59 Å². The molecule has 0 aliphatic carbocycles. The lowest BCUT2D eigenvalue weighted by Crippen LogP contribution is -2.14. The predicted octanol–water partition coefficient (Wildman–Crippen LogP) is 3.44. The minimum atomic E-state index is -0.361. The maximum Gasteiger partial charge on any atom is 0.274 e. The van der Waals surface area contributed by atoms with Crippen molar-refractivity contribution in [3.63, 3.8) is 0 Å². The summed E-state index contributed by atoms with van der Waals surface area (Å²) >= 11 is 0. The Balaban J connectivity index is 1.69. The van der Waals surface area contributed by atoms with Crippen LogP contribution in [0, 0.1) is 0 Å². The minimum absolute atomic E-state index is 0.140. The summed E-state index contributed by atoms with van der Waals surface area (Å²) in [6, 6.07) is 15.6. The van der Waals surface area contributed by atoms with Crippen molar-refractivity contribution in [2.75, 3.05) is 23.1 Å². The van der Waals surface area contributed by atoms with E-state index in [0.717, 1.165) is 5.69 Å². The van der Waals surface area contributed by atoms with Gasteiger partial charge in [0.15, 0.2) is 0 Å².